The minimum atomic E-state index is -0.953. The first kappa shape index (κ1) is 10.6. The van der Waals surface area contributed by atoms with Gasteiger partial charge in [-0.2, -0.15) is 0 Å². The number of benzene rings is 1. The van der Waals surface area contributed by atoms with E-state index >= 15 is 0 Å². The van der Waals surface area contributed by atoms with Crippen LogP contribution in [0.4, 0.5) is 5.69 Å². The molecule has 0 radical (unpaired) electrons. The van der Waals surface area contributed by atoms with E-state index in [0.717, 1.165) is 22.3 Å². The van der Waals surface area contributed by atoms with Crippen LogP contribution < -0.4 is 5.73 Å². The molecule has 0 atom stereocenters. The van der Waals surface area contributed by atoms with Crippen molar-refractivity contribution in [3.8, 4) is 0 Å². The fraction of sp³-hybridized carbons (Fsp3) is 0.364. The maximum atomic E-state index is 11.0. The quantitative estimate of drug-likeness (QED) is 0.672. The van der Waals surface area contributed by atoms with Gasteiger partial charge in [0.15, 0.2) is 0 Å². The molecule has 0 saturated heterocycles. The van der Waals surface area contributed by atoms with Crippen molar-refractivity contribution in [3.05, 3.63) is 27.8 Å². The minimum absolute atomic E-state index is 0.241. The number of carboxylic acid groups (broad SMARTS) is 1. The molecular weight excluding hydrogens is 178 g/mol. The molecule has 0 heterocycles. The first-order valence-electron chi connectivity index (χ1n) is 4.47. The van der Waals surface area contributed by atoms with E-state index in [-0.39, 0.29) is 5.56 Å². The van der Waals surface area contributed by atoms with E-state index in [1.165, 1.54) is 0 Å². The summed E-state index contributed by atoms with van der Waals surface area (Å²) in [4.78, 5) is 11.0. The standard InChI is InChI=1S/C11H15NO2/c1-5-6(2)8(4)10(12)9(7(5)3)11(13)14/h12H2,1-4H3,(H,13,14). The van der Waals surface area contributed by atoms with Gasteiger partial charge in [-0.05, 0) is 49.9 Å². The average molecular weight is 193 g/mol. The van der Waals surface area contributed by atoms with Crippen molar-refractivity contribution < 1.29 is 9.90 Å². The van der Waals surface area contributed by atoms with Crippen LogP contribution >= 0.6 is 0 Å². The first-order chi connectivity index (χ1) is 6.37. The topological polar surface area (TPSA) is 63.3 Å². The fourth-order valence-electron chi connectivity index (χ4n) is 1.62. The minimum Gasteiger partial charge on any atom is -0.478 e. The zero-order valence-electron chi connectivity index (χ0n) is 8.93. The molecule has 1 aromatic rings. The highest BCUT2D eigenvalue weighted by Gasteiger charge is 2.17. The summed E-state index contributed by atoms with van der Waals surface area (Å²) in [5.41, 5.74) is 10.1. The van der Waals surface area contributed by atoms with Gasteiger partial charge >= 0.3 is 5.97 Å². The summed E-state index contributed by atoms with van der Waals surface area (Å²) in [6, 6.07) is 0. The van der Waals surface area contributed by atoms with E-state index in [1.807, 2.05) is 20.8 Å². The molecule has 0 aliphatic rings. The maximum absolute atomic E-state index is 11.0. The average Bonchev–Trinajstić information content (AvgIpc) is 2.11. The molecule has 0 fully saturated rings. The maximum Gasteiger partial charge on any atom is 0.338 e. The zero-order chi connectivity index (χ0) is 11.0. The highest BCUT2D eigenvalue weighted by Crippen LogP contribution is 2.28. The molecule has 3 nitrogen and oxygen atoms in total. The van der Waals surface area contributed by atoms with Gasteiger partial charge in [0.2, 0.25) is 0 Å². The molecule has 1 aromatic carbocycles. The third-order valence-corrected chi connectivity index (χ3v) is 2.95. The number of carbonyl (C=O) groups is 1. The van der Waals surface area contributed by atoms with Crippen LogP contribution in [-0.4, -0.2) is 11.1 Å². The third-order valence-electron chi connectivity index (χ3n) is 2.95. The van der Waals surface area contributed by atoms with Gasteiger partial charge in [0.1, 0.15) is 0 Å². The third kappa shape index (κ3) is 1.35. The molecule has 0 unspecified atom stereocenters. The number of nitrogens with two attached hydrogens (primary N) is 1. The molecule has 1 rings (SSSR count). The number of carboxylic acids is 1. The summed E-state index contributed by atoms with van der Waals surface area (Å²) in [6.45, 7) is 7.52. The molecule has 0 saturated carbocycles. The number of hydrogen-bond donors (Lipinski definition) is 2. The molecule has 14 heavy (non-hydrogen) atoms. The second kappa shape index (κ2) is 3.33. The Balaban J connectivity index is 3.68. The van der Waals surface area contributed by atoms with Gasteiger partial charge in [0.25, 0.3) is 0 Å². The normalized spacial score (nSPS) is 10.3. The summed E-state index contributed by atoms with van der Waals surface area (Å²) < 4.78 is 0. The summed E-state index contributed by atoms with van der Waals surface area (Å²) >= 11 is 0. The second-order valence-electron chi connectivity index (χ2n) is 3.59. The number of anilines is 1. The van der Waals surface area contributed by atoms with E-state index in [9.17, 15) is 4.79 Å². The van der Waals surface area contributed by atoms with E-state index in [1.54, 1.807) is 6.92 Å². The summed E-state index contributed by atoms with van der Waals surface area (Å²) in [5, 5.41) is 9.01. The van der Waals surface area contributed by atoms with Gasteiger partial charge < -0.3 is 10.8 Å². The van der Waals surface area contributed by atoms with E-state index in [0.29, 0.717) is 5.69 Å². The predicted molar refractivity (Wildman–Crippen MR) is 56.8 cm³/mol. The number of aromatic carboxylic acids is 1. The van der Waals surface area contributed by atoms with Crippen LogP contribution in [-0.2, 0) is 0 Å². The monoisotopic (exact) mass is 193 g/mol. The molecule has 0 aliphatic carbocycles. The largest absolute Gasteiger partial charge is 0.478 e. The summed E-state index contributed by atoms with van der Waals surface area (Å²) in [7, 11) is 0. The molecule has 0 bridgehead atoms. The Hall–Kier alpha value is -1.51. The van der Waals surface area contributed by atoms with Crippen LogP contribution in [0.3, 0.4) is 0 Å². The van der Waals surface area contributed by atoms with Crippen LogP contribution in [0.25, 0.3) is 0 Å². The second-order valence-corrected chi connectivity index (χ2v) is 3.59. The summed E-state index contributed by atoms with van der Waals surface area (Å²) in [6.07, 6.45) is 0. The van der Waals surface area contributed by atoms with Crippen molar-refractivity contribution in [2.45, 2.75) is 27.7 Å². The SMILES string of the molecule is Cc1c(C)c(C)c(C(=O)O)c(N)c1C. The highest BCUT2D eigenvalue weighted by atomic mass is 16.4. The molecule has 0 amide bonds. The number of nitrogen functional groups attached to an aromatic ring is 1. The molecule has 0 aromatic heterocycles. The lowest BCUT2D eigenvalue weighted by atomic mass is 9.92. The van der Waals surface area contributed by atoms with Gasteiger partial charge in [-0.15, -0.1) is 0 Å². The Morgan fingerprint density at radius 2 is 1.43 bits per heavy atom. The van der Waals surface area contributed by atoms with Crippen molar-refractivity contribution in [1.82, 2.24) is 0 Å². The fourth-order valence-corrected chi connectivity index (χ4v) is 1.62. The van der Waals surface area contributed by atoms with Crippen molar-refractivity contribution in [2.24, 2.45) is 0 Å². The van der Waals surface area contributed by atoms with E-state index in [4.69, 9.17) is 10.8 Å². The van der Waals surface area contributed by atoms with Crippen molar-refractivity contribution in [2.75, 3.05) is 5.73 Å². The lowest BCUT2D eigenvalue weighted by Gasteiger charge is -2.15. The van der Waals surface area contributed by atoms with Crippen molar-refractivity contribution >= 4 is 11.7 Å². The van der Waals surface area contributed by atoms with Crippen LogP contribution in [0.1, 0.15) is 32.6 Å². The van der Waals surface area contributed by atoms with Gasteiger partial charge in [-0.3, -0.25) is 0 Å². The number of rotatable bonds is 1. The first-order valence-corrected chi connectivity index (χ1v) is 4.47. The predicted octanol–water partition coefficient (Wildman–Crippen LogP) is 2.20. The molecular formula is C11H15NO2. The Labute approximate surface area is 83.6 Å². The Morgan fingerprint density at radius 1 is 1.00 bits per heavy atom. The van der Waals surface area contributed by atoms with Gasteiger partial charge in [-0.25, -0.2) is 4.79 Å². The molecule has 3 N–H and O–H groups in total. The lowest BCUT2D eigenvalue weighted by Crippen LogP contribution is -2.10. The highest BCUT2D eigenvalue weighted by molar-refractivity contribution is 5.96. The smallest absolute Gasteiger partial charge is 0.338 e. The van der Waals surface area contributed by atoms with Crippen LogP contribution in [0.15, 0.2) is 0 Å². The Morgan fingerprint density at radius 3 is 1.86 bits per heavy atom. The van der Waals surface area contributed by atoms with Crippen LogP contribution in [0, 0.1) is 27.7 Å². The Bertz CT molecular complexity index is 379. The molecule has 0 spiro atoms. The Kier molecular flexibility index (Phi) is 2.51. The van der Waals surface area contributed by atoms with Crippen LogP contribution in [0.5, 0.6) is 0 Å². The van der Waals surface area contributed by atoms with E-state index in [2.05, 4.69) is 0 Å². The van der Waals surface area contributed by atoms with E-state index < -0.39 is 5.97 Å². The zero-order valence-corrected chi connectivity index (χ0v) is 8.93. The van der Waals surface area contributed by atoms with Gasteiger partial charge in [0, 0.05) is 5.69 Å². The van der Waals surface area contributed by atoms with Gasteiger partial charge in [-0.1, -0.05) is 0 Å². The summed E-state index contributed by atoms with van der Waals surface area (Å²) in [5.74, 6) is -0.953. The van der Waals surface area contributed by atoms with Gasteiger partial charge in [0.05, 0.1) is 5.56 Å². The number of hydrogen-bond acceptors (Lipinski definition) is 2. The van der Waals surface area contributed by atoms with Crippen molar-refractivity contribution in [1.29, 1.82) is 0 Å². The van der Waals surface area contributed by atoms with Crippen molar-refractivity contribution in [3.63, 3.8) is 0 Å². The van der Waals surface area contributed by atoms with Crippen LogP contribution in [0.2, 0.25) is 0 Å². The molecule has 3 heteroatoms. The lowest BCUT2D eigenvalue weighted by molar-refractivity contribution is 0.0697. The molecule has 76 valence electrons. The molecule has 0 aliphatic heterocycles.